The summed E-state index contributed by atoms with van der Waals surface area (Å²) in [5.41, 5.74) is 0.325. The van der Waals surface area contributed by atoms with Crippen LogP contribution in [0.3, 0.4) is 0 Å². The van der Waals surface area contributed by atoms with Crippen molar-refractivity contribution in [1.29, 1.82) is 0 Å². The number of likely N-dealkylation sites (tertiary alicyclic amines) is 1. The minimum absolute atomic E-state index is 0.0396. The van der Waals surface area contributed by atoms with Gasteiger partial charge < -0.3 is 10.0 Å². The average molecular weight is 341 g/mol. The average Bonchev–Trinajstić information content (AvgIpc) is 2.54. The van der Waals surface area contributed by atoms with Crippen molar-refractivity contribution in [2.24, 2.45) is 0 Å². The summed E-state index contributed by atoms with van der Waals surface area (Å²) < 4.78 is 13.2. The maximum absolute atomic E-state index is 13.2. The Labute approximate surface area is 145 Å². The zero-order valence-electron chi connectivity index (χ0n) is 14.0. The number of amides is 1. The summed E-state index contributed by atoms with van der Waals surface area (Å²) in [6, 6.07) is 15.2. The molecule has 0 aliphatic carbocycles. The molecule has 1 N–H and O–H groups in total. The molecule has 1 fully saturated rings. The molecule has 25 heavy (non-hydrogen) atoms. The molecule has 2 unspecified atom stereocenters. The van der Waals surface area contributed by atoms with E-state index in [1.54, 1.807) is 11.8 Å². The summed E-state index contributed by atoms with van der Waals surface area (Å²) in [5, 5.41) is 9.32. The van der Waals surface area contributed by atoms with Crippen molar-refractivity contribution in [1.82, 2.24) is 4.90 Å². The van der Waals surface area contributed by atoms with Crippen LogP contribution >= 0.6 is 0 Å². The summed E-state index contributed by atoms with van der Waals surface area (Å²) in [7, 11) is 0. The molecule has 130 valence electrons. The first-order valence-corrected chi connectivity index (χ1v) is 8.25. The summed E-state index contributed by atoms with van der Waals surface area (Å²) in [6.45, 7) is 2.21. The molecular formula is C20H20FNO3. The predicted octanol–water partition coefficient (Wildman–Crippen LogP) is 3.53. The molecule has 1 heterocycles. The van der Waals surface area contributed by atoms with Gasteiger partial charge in [-0.3, -0.25) is 9.59 Å². The van der Waals surface area contributed by atoms with Crippen LogP contribution in [0.1, 0.15) is 36.9 Å². The number of carbonyl (C=O) groups excluding carboxylic acids is 1. The fraction of sp³-hybridized carbons (Fsp3) is 0.300. The second-order valence-corrected chi connectivity index (χ2v) is 6.62. The number of carboxylic acid groups (broad SMARTS) is 1. The minimum atomic E-state index is -1.23. The lowest BCUT2D eigenvalue weighted by Gasteiger charge is -2.45. The third-order valence-electron chi connectivity index (χ3n) is 4.92. The van der Waals surface area contributed by atoms with Crippen LogP contribution in [-0.2, 0) is 15.0 Å². The van der Waals surface area contributed by atoms with Gasteiger partial charge in [-0.2, -0.15) is 0 Å². The first-order valence-electron chi connectivity index (χ1n) is 8.25. The van der Waals surface area contributed by atoms with Crippen molar-refractivity contribution in [2.75, 3.05) is 6.54 Å². The van der Waals surface area contributed by atoms with Gasteiger partial charge in [0.25, 0.3) is 0 Å². The molecule has 0 aromatic heterocycles. The maximum Gasteiger partial charge on any atom is 0.304 e. The molecule has 0 spiro atoms. The lowest BCUT2D eigenvalue weighted by Crippen LogP contribution is -2.53. The molecule has 0 radical (unpaired) electrons. The van der Waals surface area contributed by atoms with Gasteiger partial charge in [-0.25, -0.2) is 4.39 Å². The fourth-order valence-electron chi connectivity index (χ4n) is 3.39. The number of carboxylic acids is 1. The van der Waals surface area contributed by atoms with Crippen molar-refractivity contribution in [3.63, 3.8) is 0 Å². The number of carbonyl (C=O) groups is 2. The SMILES string of the molecule is CC(CC(=O)O)(C(=O)N1CCC1c1ccccc1)c1ccc(F)cc1. The van der Waals surface area contributed by atoms with Crippen molar-refractivity contribution in [3.8, 4) is 0 Å². The number of aliphatic carboxylic acids is 1. The number of hydrogen-bond donors (Lipinski definition) is 1. The smallest absolute Gasteiger partial charge is 0.304 e. The quantitative estimate of drug-likeness (QED) is 0.905. The maximum atomic E-state index is 13.2. The van der Waals surface area contributed by atoms with Crippen LogP contribution in [0.5, 0.6) is 0 Å². The molecule has 2 atom stereocenters. The molecule has 2 aromatic rings. The molecule has 0 saturated carbocycles. The summed E-state index contributed by atoms with van der Waals surface area (Å²) in [6.07, 6.45) is 0.512. The van der Waals surface area contributed by atoms with E-state index >= 15 is 0 Å². The molecule has 1 saturated heterocycles. The molecule has 1 amide bonds. The third kappa shape index (κ3) is 3.27. The van der Waals surface area contributed by atoms with Crippen LogP contribution in [0, 0.1) is 5.82 Å². The normalized spacial score (nSPS) is 19.0. The number of nitrogens with zero attached hydrogens (tertiary/aromatic N) is 1. The molecule has 0 bridgehead atoms. The van der Waals surface area contributed by atoms with E-state index in [1.165, 1.54) is 24.3 Å². The van der Waals surface area contributed by atoms with Crippen LogP contribution in [-0.4, -0.2) is 28.4 Å². The van der Waals surface area contributed by atoms with E-state index in [1.807, 2.05) is 30.3 Å². The van der Waals surface area contributed by atoms with Crippen LogP contribution < -0.4 is 0 Å². The molecule has 3 rings (SSSR count). The zero-order chi connectivity index (χ0) is 18.0. The summed E-state index contributed by atoms with van der Waals surface area (Å²) in [5.74, 6) is -1.71. The van der Waals surface area contributed by atoms with Crippen molar-refractivity contribution in [2.45, 2.75) is 31.2 Å². The molecule has 1 aliphatic heterocycles. The Bertz CT molecular complexity index is 775. The topological polar surface area (TPSA) is 57.6 Å². The van der Waals surface area contributed by atoms with E-state index in [2.05, 4.69) is 0 Å². The Hall–Kier alpha value is -2.69. The lowest BCUT2D eigenvalue weighted by atomic mass is 9.76. The predicted molar refractivity (Wildman–Crippen MR) is 91.5 cm³/mol. The highest BCUT2D eigenvalue weighted by Gasteiger charge is 2.45. The minimum Gasteiger partial charge on any atom is -0.481 e. The Balaban J connectivity index is 1.92. The van der Waals surface area contributed by atoms with Gasteiger partial charge >= 0.3 is 5.97 Å². The van der Waals surface area contributed by atoms with Crippen molar-refractivity contribution in [3.05, 3.63) is 71.5 Å². The number of benzene rings is 2. The Kier molecular flexibility index (Phi) is 4.57. The van der Waals surface area contributed by atoms with Crippen LogP contribution in [0.15, 0.2) is 54.6 Å². The van der Waals surface area contributed by atoms with E-state index in [0.717, 1.165) is 12.0 Å². The van der Waals surface area contributed by atoms with Gasteiger partial charge in [-0.15, -0.1) is 0 Å². The molecular weight excluding hydrogens is 321 g/mol. The van der Waals surface area contributed by atoms with E-state index in [4.69, 9.17) is 0 Å². The molecule has 2 aromatic carbocycles. The van der Waals surface area contributed by atoms with Gasteiger partial charge in [0.1, 0.15) is 5.82 Å². The first-order chi connectivity index (χ1) is 11.9. The van der Waals surface area contributed by atoms with Gasteiger partial charge in [0, 0.05) is 6.54 Å². The van der Waals surface area contributed by atoms with Gasteiger partial charge in [0.05, 0.1) is 17.9 Å². The van der Waals surface area contributed by atoms with Crippen LogP contribution in [0.2, 0.25) is 0 Å². The Morgan fingerprint density at radius 1 is 1.16 bits per heavy atom. The van der Waals surface area contributed by atoms with Gasteiger partial charge in [-0.05, 0) is 36.6 Å². The second kappa shape index (κ2) is 6.67. The van der Waals surface area contributed by atoms with Gasteiger partial charge in [0.2, 0.25) is 5.91 Å². The molecule has 4 nitrogen and oxygen atoms in total. The monoisotopic (exact) mass is 341 g/mol. The second-order valence-electron chi connectivity index (χ2n) is 6.62. The van der Waals surface area contributed by atoms with E-state index in [9.17, 15) is 19.1 Å². The van der Waals surface area contributed by atoms with E-state index in [-0.39, 0.29) is 18.4 Å². The number of rotatable bonds is 5. The van der Waals surface area contributed by atoms with E-state index in [0.29, 0.717) is 12.1 Å². The number of hydrogen-bond acceptors (Lipinski definition) is 2. The highest BCUT2D eigenvalue weighted by Crippen LogP contribution is 2.39. The highest BCUT2D eigenvalue weighted by atomic mass is 19.1. The first kappa shape index (κ1) is 17.1. The van der Waals surface area contributed by atoms with Crippen LogP contribution in [0.4, 0.5) is 4.39 Å². The Morgan fingerprint density at radius 3 is 2.32 bits per heavy atom. The summed E-state index contributed by atoms with van der Waals surface area (Å²) >= 11 is 0. The van der Waals surface area contributed by atoms with E-state index < -0.39 is 17.2 Å². The van der Waals surface area contributed by atoms with Crippen molar-refractivity contribution >= 4 is 11.9 Å². The largest absolute Gasteiger partial charge is 0.481 e. The zero-order valence-corrected chi connectivity index (χ0v) is 14.0. The molecule has 1 aliphatic rings. The van der Waals surface area contributed by atoms with Gasteiger partial charge in [0.15, 0.2) is 0 Å². The lowest BCUT2D eigenvalue weighted by molar-refractivity contribution is -0.150. The molecule has 5 heteroatoms. The summed E-state index contributed by atoms with van der Waals surface area (Å²) in [4.78, 5) is 26.3. The third-order valence-corrected chi connectivity index (χ3v) is 4.92. The van der Waals surface area contributed by atoms with Crippen LogP contribution in [0.25, 0.3) is 0 Å². The Morgan fingerprint density at radius 2 is 1.80 bits per heavy atom. The fourth-order valence-corrected chi connectivity index (χ4v) is 3.39. The van der Waals surface area contributed by atoms with Crippen molar-refractivity contribution < 1.29 is 19.1 Å². The standard InChI is InChI=1S/C20H20FNO3/c1-20(13-18(23)24,15-7-9-16(21)10-8-15)19(25)22-12-11-17(22)14-5-3-2-4-6-14/h2-10,17H,11-13H2,1H3,(H,23,24). The number of halogens is 1. The highest BCUT2D eigenvalue weighted by molar-refractivity contribution is 5.92. The van der Waals surface area contributed by atoms with Gasteiger partial charge in [-0.1, -0.05) is 42.5 Å².